The number of hydrogen-bond acceptors (Lipinski definition) is 6. The molecule has 3 heterocycles. The predicted molar refractivity (Wildman–Crippen MR) is 137 cm³/mol. The third kappa shape index (κ3) is 4.96. The fourth-order valence-corrected chi connectivity index (χ4v) is 4.53. The maximum atomic E-state index is 13.7. The molecule has 5 aromatic rings. The molecule has 0 spiro atoms. The molecule has 1 aliphatic heterocycles. The predicted octanol–water partition coefficient (Wildman–Crippen LogP) is 4.83. The summed E-state index contributed by atoms with van der Waals surface area (Å²) in [5, 5.41) is 8.51. The highest BCUT2D eigenvalue weighted by Crippen LogP contribution is 2.32. The minimum Gasteiger partial charge on any atom is -0.379 e. The Labute approximate surface area is 212 Å². The van der Waals surface area contributed by atoms with Gasteiger partial charge in [-0.25, -0.2) is 18.7 Å². The van der Waals surface area contributed by atoms with Gasteiger partial charge in [0.1, 0.15) is 18.0 Å². The molecule has 186 valence electrons. The van der Waals surface area contributed by atoms with Gasteiger partial charge >= 0.3 is 0 Å². The SMILES string of the molecule is Fc1ccc(-c2nc3ccc(-c4nncn4CCN4CCOCC4)cc3nc2-c2ccc(F)cc2)cc1. The Morgan fingerprint density at radius 1 is 0.703 bits per heavy atom. The first-order valence-electron chi connectivity index (χ1n) is 12.2. The summed E-state index contributed by atoms with van der Waals surface area (Å²) in [6, 6.07) is 18.1. The van der Waals surface area contributed by atoms with Crippen molar-refractivity contribution in [2.75, 3.05) is 32.8 Å². The summed E-state index contributed by atoms with van der Waals surface area (Å²) in [5.41, 5.74) is 4.86. The van der Waals surface area contributed by atoms with E-state index in [1.165, 1.54) is 24.3 Å². The molecule has 0 saturated carbocycles. The molecule has 37 heavy (non-hydrogen) atoms. The van der Waals surface area contributed by atoms with Gasteiger partial charge in [0.15, 0.2) is 5.82 Å². The third-order valence-corrected chi connectivity index (χ3v) is 6.53. The van der Waals surface area contributed by atoms with E-state index in [0.717, 1.165) is 56.3 Å². The Balaban J connectivity index is 1.39. The Hall–Kier alpha value is -4.08. The molecule has 1 aliphatic rings. The van der Waals surface area contributed by atoms with Crippen LogP contribution in [-0.2, 0) is 11.3 Å². The molecular formula is C28H24F2N6O. The molecule has 7 nitrogen and oxygen atoms in total. The average Bonchev–Trinajstić information content (AvgIpc) is 3.41. The van der Waals surface area contributed by atoms with E-state index in [-0.39, 0.29) is 11.6 Å². The van der Waals surface area contributed by atoms with Crippen molar-refractivity contribution < 1.29 is 13.5 Å². The standard InChI is InChI=1S/C28H24F2N6O/c29-22-6-1-19(2-7-22)26-27(20-3-8-23(30)9-4-20)33-25-17-21(5-10-24(25)32-26)28-34-31-18-36(28)12-11-35-13-15-37-16-14-35/h1-10,17-18H,11-16H2. The lowest BCUT2D eigenvalue weighted by molar-refractivity contribution is 0.0364. The second-order valence-corrected chi connectivity index (χ2v) is 8.94. The number of halogens is 2. The van der Waals surface area contributed by atoms with E-state index in [1.807, 2.05) is 22.8 Å². The number of aromatic nitrogens is 5. The van der Waals surface area contributed by atoms with Crippen LogP contribution in [0.25, 0.3) is 44.9 Å². The smallest absolute Gasteiger partial charge is 0.163 e. The molecule has 0 aliphatic carbocycles. The quantitative estimate of drug-likeness (QED) is 0.334. The average molecular weight is 499 g/mol. The fraction of sp³-hybridized carbons (Fsp3) is 0.214. The van der Waals surface area contributed by atoms with Crippen molar-refractivity contribution in [1.29, 1.82) is 0 Å². The van der Waals surface area contributed by atoms with Gasteiger partial charge in [0.05, 0.1) is 35.6 Å². The van der Waals surface area contributed by atoms with Gasteiger partial charge in [-0.3, -0.25) is 4.90 Å². The number of fused-ring (bicyclic) bond motifs is 1. The molecule has 1 saturated heterocycles. The lowest BCUT2D eigenvalue weighted by atomic mass is 10.0. The van der Waals surface area contributed by atoms with Crippen molar-refractivity contribution in [2.24, 2.45) is 0 Å². The minimum absolute atomic E-state index is 0.330. The molecule has 0 unspecified atom stereocenters. The highest BCUT2D eigenvalue weighted by Gasteiger charge is 2.16. The molecule has 0 N–H and O–H groups in total. The highest BCUT2D eigenvalue weighted by molar-refractivity contribution is 5.88. The minimum atomic E-state index is -0.334. The summed E-state index contributed by atoms with van der Waals surface area (Å²) in [5.74, 6) is 0.0886. The van der Waals surface area contributed by atoms with Gasteiger partial charge in [-0.1, -0.05) is 0 Å². The van der Waals surface area contributed by atoms with Crippen LogP contribution in [0.2, 0.25) is 0 Å². The van der Waals surface area contributed by atoms with Gasteiger partial charge in [-0.15, -0.1) is 10.2 Å². The topological polar surface area (TPSA) is 69.0 Å². The third-order valence-electron chi connectivity index (χ3n) is 6.53. The van der Waals surface area contributed by atoms with Crippen LogP contribution in [0.5, 0.6) is 0 Å². The number of hydrogen-bond donors (Lipinski definition) is 0. The summed E-state index contributed by atoms with van der Waals surface area (Å²) < 4.78 is 34.7. The summed E-state index contributed by atoms with van der Waals surface area (Å²) in [6.07, 6.45) is 1.74. The Morgan fingerprint density at radius 3 is 1.95 bits per heavy atom. The van der Waals surface area contributed by atoms with Crippen LogP contribution in [0.4, 0.5) is 8.78 Å². The molecule has 3 aromatic carbocycles. The van der Waals surface area contributed by atoms with E-state index in [9.17, 15) is 8.78 Å². The Bertz CT molecular complexity index is 1530. The maximum absolute atomic E-state index is 13.7. The zero-order chi connectivity index (χ0) is 25.2. The van der Waals surface area contributed by atoms with E-state index >= 15 is 0 Å². The first-order valence-corrected chi connectivity index (χ1v) is 12.2. The van der Waals surface area contributed by atoms with Crippen LogP contribution >= 0.6 is 0 Å². The van der Waals surface area contributed by atoms with Crippen molar-refractivity contribution in [1.82, 2.24) is 29.6 Å². The monoisotopic (exact) mass is 498 g/mol. The van der Waals surface area contributed by atoms with Gasteiger partial charge in [0.25, 0.3) is 0 Å². The molecule has 0 atom stereocenters. The van der Waals surface area contributed by atoms with E-state index in [0.29, 0.717) is 28.0 Å². The van der Waals surface area contributed by atoms with Crippen molar-refractivity contribution in [2.45, 2.75) is 6.54 Å². The zero-order valence-corrected chi connectivity index (χ0v) is 20.0. The van der Waals surface area contributed by atoms with E-state index < -0.39 is 0 Å². The first-order chi connectivity index (χ1) is 18.1. The molecule has 0 radical (unpaired) electrons. The van der Waals surface area contributed by atoms with Crippen LogP contribution in [0.15, 0.2) is 73.1 Å². The van der Waals surface area contributed by atoms with Crippen LogP contribution < -0.4 is 0 Å². The van der Waals surface area contributed by atoms with Crippen molar-refractivity contribution in [3.8, 4) is 33.9 Å². The number of morpholine rings is 1. The summed E-state index contributed by atoms with van der Waals surface area (Å²) in [6.45, 7) is 5.01. The van der Waals surface area contributed by atoms with Crippen molar-refractivity contribution in [3.05, 3.63) is 84.7 Å². The molecule has 0 bridgehead atoms. The second kappa shape index (κ2) is 10.1. The molecule has 6 rings (SSSR count). The number of ether oxygens (including phenoxy) is 1. The first kappa shape index (κ1) is 23.3. The Kier molecular flexibility index (Phi) is 6.38. The largest absolute Gasteiger partial charge is 0.379 e. The van der Waals surface area contributed by atoms with Gasteiger partial charge in [0.2, 0.25) is 0 Å². The van der Waals surface area contributed by atoms with Gasteiger partial charge in [0, 0.05) is 42.9 Å². The summed E-state index contributed by atoms with van der Waals surface area (Å²) in [4.78, 5) is 12.2. The van der Waals surface area contributed by atoms with Gasteiger partial charge in [-0.2, -0.15) is 0 Å². The van der Waals surface area contributed by atoms with E-state index in [1.54, 1.807) is 30.6 Å². The van der Waals surface area contributed by atoms with Gasteiger partial charge < -0.3 is 9.30 Å². The molecule has 9 heteroatoms. The summed E-state index contributed by atoms with van der Waals surface area (Å²) in [7, 11) is 0. The molecule has 0 amide bonds. The van der Waals surface area contributed by atoms with Crippen molar-refractivity contribution >= 4 is 11.0 Å². The van der Waals surface area contributed by atoms with Crippen LogP contribution in [0.3, 0.4) is 0 Å². The Morgan fingerprint density at radius 2 is 1.30 bits per heavy atom. The lowest BCUT2D eigenvalue weighted by Crippen LogP contribution is -2.38. The molecule has 2 aromatic heterocycles. The fourth-order valence-electron chi connectivity index (χ4n) is 4.53. The van der Waals surface area contributed by atoms with Crippen LogP contribution in [0, 0.1) is 11.6 Å². The molecular weight excluding hydrogens is 474 g/mol. The van der Waals surface area contributed by atoms with Crippen LogP contribution in [-0.4, -0.2) is 62.5 Å². The van der Waals surface area contributed by atoms with E-state index in [2.05, 4.69) is 15.1 Å². The normalized spacial score (nSPS) is 14.3. The van der Waals surface area contributed by atoms with Crippen LogP contribution in [0.1, 0.15) is 0 Å². The van der Waals surface area contributed by atoms with Crippen molar-refractivity contribution in [3.63, 3.8) is 0 Å². The summed E-state index contributed by atoms with van der Waals surface area (Å²) >= 11 is 0. The second-order valence-electron chi connectivity index (χ2n) is 8.94. The lowest BCUT2D eigenvalue weighted by Gasteiger charge is -2.26. The molecule has 1 fully saturated rings. The van der Waals surface area contributed by atoms with E-state index in [4.69, 9.17) is 14.7 Å². The highest BCUT2D eigenvalue weighted by atomic mass is 19.1. The number of rotatable bonds is 6. The maximum Gasteiger partial charge on any atom is 0.163 e. The zero-order valence-electron chi connectivity index (χ0n) is 20.0. The number of nitrogens with zero attached hydrogens (tertiary/aromatic N) is 6. The number of benzene rings is 3. The van der Waals surface area contributed by atoms with Gasteiger partial charge in [-0.05, 0) is 66.7 Å².